The Bertz CT molecular complexity index is 605. The third-order valence-corrected chi connectivity index (χ3v) is 2.99. The van der Waals surface area contributed by atoms with Gasteiger partial charge in [-0.3, -0.25) is 4.79 Å². The summed E-state index contributed by atoms with van der Waals surface area (Å²) in [7, 11) is 0. The van der Waals surface area contributed by atoms with Crippen molar-refractivity contribution in [3.8, 4) is 0 Å². The standard InChI is InChI=1S/C15H16ClN3O.ClH/c1-2-17-10-11-6-3-4-7-12(11)19-15(20)13-8-5-9-14(16)18-13;/h3-9,17H,2,10H2,1H3,(H,19,20);1H. The Morgan fingerprint density at radius 1 is 1.19 bits per heavy atom. The molecular formula is C15H17Cl2N3O. The zero-order chi connectivity index (χ0) is 14.4. The molecule has 1 heterocycles. The third-order valence-electron chi connectivity index (χ3n) is 2.78. The average Bonchev–Trinajstić information content (AvgIpc) is 2.46. The highest BCUT2D eigenvalue weighted by Gasteiger charge is 2.10. The number of amides is 1. The number of para-hydroxylation sites is 1. The topological polar surface area (TPSA) is 54.0 Å². The third kappa shape index (κ3) is 5.01. The molecule has 1 amide bonds. The largest absolute Gasteiger partial charge is 0.320 e. The fourth-order valence-corrected chi connectivity index (χ4v) is 1.94. The minimum atomic E-state index is -0.267. The number of benzene rings is 1. The number of carbonyl (C=O) groups excluding carboxylic acids is 1. The molecule has 2 rings (SSSR count). The predicted octanol–water partition coefficient (Wildman–Crippen LogP) is 3.52. The number of halogens is 2. The number of pyridine rings is 1. The van der Waals surface area contributed by atoms with Crippen LogP contribution in [-0.4, -0.2) is 17.4 Å². The molecule has 0 spiro atoms. The summed E-state index contributed by atoms with van der Waals surface area (Å²) in [5, 5.41) is 6.41. The Morgan fingerprint density at radius 2 is 1.95 bits per heavy atom. The molecule has 21 heavy (non-hydrogen) atoms. The van der Waals surface area contributed by atoms with Crippen LogP contribution >= 0.6 is 24.0 Å². The Morgan fingerprint density at radius 3 is 2.67 bits per heavy atom. The number of carbonyl (C=O) groups is 1. The highest BCUT2D eigenvalue weighted by atomic mass is 35.5. The second-order valence-corrected chi connectivity index (χ2v) is 4.62. The van der Waals surface area contributed by atoms with Gasteiger partial charge in [-0.05, 0) is 30.3 Å². The van der Waals surface area contributed by atoms with Crippen LogP contribution in [0.3, 0.4) is 0 Å². The van der Waals surface area contributed by atoms with Crippen LogP contribution in [0.15, 0.2) is 42.5 Å². The number of hydrogen-bond donors (Lipinski definition) is 2. The number of anilines is 1. The van der Waals surface area contributed by atoms with E-state index in [0.29, 0.717) is 17.4 Å². The molecule has 0 saturated carbocycles. The van der Waals surface area contributed by atoms with Gasteiger partial charge in [0.15, 0.2) is 0 Å². The van der Waals surface area contributed by atoms with E-state index in [1.807, 2.05) is 31.2 Å². The molecule has 1 aromatic heterocycles. The molecule has 0 aliphatic carbocycles. The van der Waals surface area contributed by atoms with Crippen LogP contribution in [0.1, 0.15) is 23.0 Å². The fraction of sp³-hybridized carbons (Fsp3) is 0.200. The van der Waals surface area contributed by atoms with Crippen LogP contribution in [0.25, 0.3) is 0 Å². The van der Waals surface area contributed by atoms with Crippen LogP contribution in [-0.2, 0) is 6.54 Å². The first-order valence-electron chi connectivity index (χ1n) is 6.43. The summed E-state index contributed by atoms with van der Waals surface area (Å²) < 4.78 is 0. The van der Waals surface area contributed by atoms with Gasteiger partial charge in [0.05, 0.1) is 0 Å². The van der Waals surface area contributed by atoms with E-state index in [1.165, 1.54) is 0 Å². The summed E-state index contributed by atoms with van der Waals surface area (Å²) >= 11 is 5.79. The molecule has 2 N–H and O–H groups in total. The summed E-state index contributed by atoms with van der Waals surface area (Å²) in [5.41, 5.74) is 2.11. The second-order valence-electron chi connectivity index (χ2n) is 4.24. The van der Waals surface area contributed by atoms with Gasteiger partial charge in [0.1, 0.15) is 10.8 Å². The first-order chi connectivity index (χ1) is 9.70. The molecule has 6 heteroatoms. The molecule has 0 unspecified atom stereocenters. The van der Waals surface area contributed by atoms with Gasteiger partial charge >= 0.3 is 0 Å². The van der Waals surface area contributed by atoms with Crippen LogP contribution in [0, 0.1) is 0 Å². The fourth-order valence-electron chi connectivity index (χ4n) is 1.78. The first kappa shape index (κ1) is 17.4. The average molecular weight is 326 g/mol. The van der Waals surface area contributed by atoms with Gasteiger partial charge in [-0.1, -0.05) is 42.8 Å². The molecule has 2 aromatic rings. The lowest BCUT2D eigenvalue weighted by Crippen LogP contribution is -2.17. The van der Waals surface area contributed by atoms with Crippen molar-refractivity contribution in [2.24, 2.45) is 0 Å². The van der Waals surface area contributed by atoms with E-state index in [4.69, 9.17) is 11.6 Å². The van der Waals surface area contributed by atoms with E-state index < -0.39 is 0 Å². The Kier molecular flexibility index (Phi) is 7.15. The SMILES string of the molecule is CCNCc1ccccc1NC(=O)c1cccc(Cl)n1.Cl. The van der Waals surface area contributed by atoms with E-state index >= 15 is 0 Å². The van der Waals surface area contributed by atoms with Gasteiger partial charge in [0.25, 0.3) is 5.91 Å². The zero-order valence-electron chi connectivity index (χ0n) is 11.6. The van der Waals surface area contributed by atoms with E-state index in [-0.39, 0.29) is 18.3 Å². The smallest absolute Gasteiger partial charge is 0.274 e. The van der Waals surface area contributed by atoms with Gasteiger partial charge in [-0.15, -0.1) is 12.4 Å². The van der Waals surface area contributed by atoms with Gasteiger partial charge in [-0.2, -0.15) is 0 Å². The molecule has 0 saturated heterocycles. The summed E-state index contributed by atoms with van der Waals surface area (Å²) in [4.78, 5) is 16.1. The van der Waals surface area contributed by atoms with E-state index in [1.54, 1.807) is 18.2 Å². The van der Waals surface area contributed by atoms with Gasteiger partial charge in [0, 0.05) is 12.2 Å². The number of rotatable bonds is 5. The van der Waals surface area contributed by atoms with Crippen molar-refractivity contribution in [1.82, 2.24) is 10.3 Å². The normalized spacial score (nSPS) is 9.81. The van der Waals surface area contributed by atoms with Gasteiger partial charge in [-0.25, -0.2) is 4.98 Å². The predicted molar refractivity (Wildman–Crippen MR) is 88.3 cm³/mol. The van der Waals surface area contributed by atoms with Crippen molar-refractivity contribution in [2.75, 3.05) is 11.9 Å². The van der Waals surface area contributed by atoms with Crippen LogP contribution in [0.2, 0.25) is 5.15 Å². The van der Waals surface area contributed by atoms with Crippen molar-refractivity contribution in [3.05, 3.63) is 58.9 Å². The van der Waals surface area contributed by atoms with Crippen molar-refractivity contribution in [3.63, 3.8) is 0 Å². The van der Waals surface area contributed by atoms with Crippen molar-refractivity contribution >= 4 is 35.6 Å². The molecule has 4 nitrogen and oxygen atoms in total. The lowest BCUT2D eigenvalue weighted by atomic mass is 10.1. The monoisotopic (exact) mass is 325 g/mol. The lowest BCUT2D eigenvalue weighted by Gasteiger charge is -2.11. The van der Waals surface area contributed by atoms with E-state index in [9.17, 15) is 4.79 Å². The van der Waals surface area contributed by atoms with Gasteiger partial charge in [0.2, 0.25) is 0 Å². The molecule has 0 aliphatic heterocycles. The summed E-state index contributed by atoms with van der Waals surface area (Å²) in [6.07, 6.45) is 0. The van der Waals surface area contributed by atoms with Crippen LogP contribution < -0.4 is 10.6 Å². The summed E-state index contributed by atoms with van der Waals surface area (Å²) in [6, 6.07) is 12.6. The molecule has 0 radical (unpaired) electrons. The number of nitrogens with one attached hydrogen (secondary N) is 2. The Hall–Kier alpha value is -1.62. The second kappa shape index (κ2) is 8.62. The number of nitrogens with zero attached hydrogens (tertiary/aromatic N) is 1. The Balaban J connectivity index is 0.00000220. The molecule has 1 aromatic carbocycles. The number of aromatic nitrogens is 1. The maximum Gasteiger partial charge on any atom is 0.274 e. The molecular weight excluding hydrogens is 309 g/mol. The zero-order valence-corrected chi connectivity index (χ0v) is 13.2. The van der Waals surface area contributed by atoms with Crippen LogP contribution in [0.4, 0.5) is 5.69 Å². The first-order valence-corrected chi connectivity index (χ1v) is 6.81. The molecule has 0 fully saturated rings. The molecule has 0 bridgehead atoms. The maximum absolute atomic E-state index is 12.1. The Labute approximate surface area is 135 Å². The highest BCUT2D eigenvalue weighted by Crippen LogP contribution is 2.16. The van der Waals surface area contributed by atoms with Crippen molar-refractivity contribution < 1.29 is 4.79 Å². The van der Waals surface area contributed by atoms with Crippen molar-refractivity contribution in [1.29, 1.82) is 0 Å². The summed E-state index contributed by atoms with van der Waals surface area (Å²) in [5.74, 6) is -0.267. The van der Waals surface area contributed by atoms with Crippen LogP contribution in [0.5, 0.6) is 0 Å². The lowest BCUT2D eigenvalue weighted by molar-refractivity contribution is 0.102. The quantitative estimate of drug-likeness (QED) is 0.827. The molecule has 0 atom stereocenters. The minimum absolute atomic E-state index is 0. The number of hydrogen-bond acceptors (Lipinski definition) is 3. The van der Waals surface area contributed by atoms with Crippen molar-refractivity contribution in [2.45, 2.75) is 13.5 Å². The van der Waals surface area contributed by atoms with Gasteiger partial charge < -0.3 is 10.6 Å². The molecule has 0 aliphatic rings. The van der Waals surface area contributed by atoms with E-state index in [0.717, 1.165) is 17.8 Å². The maximum atomic E-state index is 12.1. The minimum Gasteiger partial charge on any atom is -0.320 e. The highest BCUT2D eigenvalue weighted by molar-refractivity contribution is 6.29. The van der Waals surface area contributed by atoms with E-state index in [2.05, 4.69) is 15.6 Å². The molecule has 112 valence electrons. The summed E-state index contributed by atoms with van der Waals surface area (Å²) in [6.45, 7) is 3.62.